The average Bonchev–Trinajstić information content (AvgIpc) is 3.30. The summed E-state index contributed by atoms with van der Waals surface area (Å²) in [6, 6.07) is 4.36. The van der Waals surface area contributed by atoms with Gasteiger partial charge in [0.25, 0.3) is 11.8 Å². The van der Waals surface area contributed by atoms with Crippen LogP contribution in [0.2, 0.25) is 0 Å². The van der Waals surface area contributed by atoms with Crippen molar-refractivity contribution in [3.05, 3.63) is 35.0 Å². The van der Waals surface area contributed by atoms with Crippen molar-refractivity contribution in [2.45, 2.75) is 17.9 Å². The molecule has 0 bridgehead atoms. The third-order valence-corrected chi connectivity index (χ3v) is 7.59. The maximum atomic E-state index is 13.2. The lowest BCUT2D eigenvalue weighted by Gasteiger charge is -2.26. The van der Waals surface area contributed by atoms with Gasteiger partial charge in [0, 0.05) is 18.5 Å². The van der Waals surface area contributed by atoms with Gasteiger partial charge in [0.2, 0.25) is 10.0 Å². The number of carbonyl (C=O) groups is 3. The van der Waals surface area contributed by atoms with Crippen LogP contribution in [0.1, 0.15) is 26.4 Å². The second-order valence-corrected chi connectivity index (χ2v) is 9.60. The number of pyridine rings is 1. The molecule has 0 aliphatic carbocycles. The lowest BCUT2D eigenvalue weighted by molar-refractivity contribution is 0.0558. The predicted molar refractivity (Wildman–Crippen MR) is 108 cm³/mol. The number of cyclic esters (lactones) is 2. The number of morpholine rings is 1. The van der Waals surface area contributed by atoms with Crippen molar-refractivity contribution in [3.63, 3.8) is 0 Å². The van der Waals surface area contributed by atoms with Gasteiger partial charge in [-0.25, -0.2) is 13.2 Å². The van der Waals surface area contributed by atoms with Gasteiger partial charge in [-0.2, -0.15) is 4.31 Å². The van der Waals surface area contributed by atoms with Crippen LogP contribution in [0.25, 0.3) is 10.9 Å². The van der Waals surface area contributed by atoms with Crippen LogP contribution in [0.15, 0.2) is 23.1 Å². The van der Waals surface area contributed by atoms with Crippen LogP contribution < -0.4 is 0 Å². The van der Waals surface area contributed by atoms with Gasteiger partial charge in [0.15, 0.2) is 6.10 Å². The highest BCUT2D eigenvalue weighted by molar-refractivity contribution is 7.89. The van der Waals surface area contributed by atoms with Gasteiger partial charge >= 0.3 is 6.16 Å². The van der Waals surface area contributed by atoms with Crippen LogP contribution in [0, 0.1) is 6.92 Å². The van der Waals surface area contributed by atoms with Crippen molar-refractivity contribution in [1.29, 1.82) is 0 Å². The normalized spacial score (nSPS) is 21.7. The fourth-order valence-electron chi connectivity index (χ4n) is 4.13. The molecule has 168 valence electrons. The highest BCUT2D eigenvalue weighted by Gasteiger charge is 2.42. The summed E-state index contributed by atoms with van der Waals surface area (Å²) in [5, 5.41) is 0.278. The minimum atomic E-state index is -3.81. The zero-order valence-electron chi connectivity index (χ0n) is 17.1. The second kappa shape index (κ2) is 7.50. The first-order chi connectivity index (χ1) is 15.3. The Balaban J connectivity index is 1.57. The summed E-state index contributed by atoms with van der Waals surface area (Å²) < 4.78 is 42.4. The van der Waals surface area contributed by atoms with Crippen molar-refractivity contribution < 1.29 is 37.0 Å². The summed E-state index contributed by atoms with van der Waals surface area (Å²) in [4.78, 5) is 42.8. The second-order valence-electron chi connectivity index (χ2n) is 7.66. The molecule has 0 spiro atoms. The lowest BCUT2D eigenvalue weighted by atomic mass is 10.0. The van der Waals surface area contributed by atoms with Gasteiger partial charge in [0.1, 0.15) is 6.61 Å². The average molecular weight is 461 g/mol. The molecule has 1 aromatic carbocycles. The summed E-state index contributed by atoms with van der Waals surface area (Å²) in [6.45, 7) is 2.47. The number of rotatable bonds is 4. The Morgan fingerprint density at radius 1 is 1.09 bits per heavy atom. The zero-order chi connectivity index (χ0) is 22.6. The van der Waals surface area contributed by atoms with E-state index in [9.17, 15) is 22.8 Å². The third-order valence-electron chi connectivity index (χ3n) is 5.70. The molecule has 32 heavy (non-hydrogen) atoms. The van der Waals surface area contributed by atoms with E-state index in [1.54, 1.807) is 6.92 Å². The van der Waals surface area contributed by atoms with E-state index < -0.39 is 34.1 Å². The van der Waals surface area contributed by atoms with Crippen molar-refractivity contribution in [3.8, 4) is 0 Å². The highest BCUT2D eigenvalue weighted by atomic mass is 32.2. The Morgan fingerprint density at radius 3 is 2.50 bits per heavy atom. The number of aryl methyl sites for hydroxylation is 1. The topological polar surface area (TPSA) is 132 Å². The molecule has 0 saturated carbocycles. The van der Waals surface area contributed by atoms with Gasteiger partial charge in [-0.1, -0.05) is 0 Å². The van der Waals surface area contributed by atoms with Crippen LogP contribution in [0.4, 0.5) is 4.79 Å². The molecule has 3 aliphatic heterocycles. The predicted octanol–water partition coefficient (Wildman–Crippen LogP) is 0.696. The summed E-state index contributed by atoms with van der Waals surface area (Å²) in [5.74, 6) is -1.16. The molecule has 12 heteroatoms. The van der Waals surface area contributed by atoms with Crippen molar-refractivity contribution in [1.82, 2.24) is 14.2 Å². The molecule has 4 heterocycles. The van der Waals surface area contributed by atoms with Crippen LogP contribution in [-0.4, -0.2) is 86.1 Å². The molecular weight excluding hydrogens is 442 g/mol. The quantitative estimate of drug-likeness (QED) is 0.476. The van der Waals surface area contributed by atoms with Gasteiger partial charge in [0.05, 0.1) is 47.0 Å². The number of fused-ring (bicyclic) bond motifs is 3. The molecule has 1 atom stereocenters. The molecule has 1 unspecified atom stereocenters. The number of ether oxygens (including phenoxy) is 3. The van der Waals surface area contributed by atoms with Gasteiger partial charge in [-0.3, -0.25) is 19.5 Å². The van der Waals surface area contributed by atoms with Crippen LogP contribution >= 0.6 is 0 Å². The van der Waals surface area contributed by atoms with Crippen LogP contribution in [0.3, 0.4) is 0 Å². The summed E-state index contributed by atoms with van der Waals surface area (Å²) in [6.07, 6.45) is -1.62. The molecule has 2 fully saturated rings. The van der Waals surface area contributed by atoms with E-state index in [0.717, 1.165) is 4.90 Å². The number of carbonyl (C=O) groups excluding carboxylic acids is 3. The Bertz CT molecular complexity index is 1270. The Kier molecular flexibility index (Phi) is 4.87. The monoisotopic (exact) mass is 461 g/mol. The van der Waals surface area contributed by atoms with E-state index in [1.807, 2.05) is 0 Å². The molecule has 2 saturated heterocycles. The van der Waals surface area contributed by atoms with Crippen molar-refractivity contribution in [2.24, 2.45) is 0 Å². The SMILES string of the molecule is Cc1nc2ccc(S(=O)(=O)N3CCOCC3)cc2c2c1C(=O)N(CC1COC(=O)O1)C2=O. The molecule has 2 aromatic rings. The fraction of sp³-hybridized carbons (Fsp3) is 0.400. The van der Waals surface area contributed by atoms with E-state index in [0.29, 0.717) is 24.4 Å². The van der Waals surface area contributed by atoms with Gasteiger partial charge in [-0.05, 0) is 25.1 Å². The van der Waals surface area contributed by atoms with Crippen LogP contribution in [-0.2, 0) is 24.2 Å². The number of amides is 2. The number of hydrogen-bond acceptors (Lipinski definition) is 9. The molecule has 3 aliphatic rings. The molecule has 0 radical (unpaired) electrons. The Hall–Kier alpha value is -3.09. The summed E-state index contributed by atoms with van der Waals surface area (Å²) >= 11 is 0. The molecule has 0 N–H and O–H groups in total. The maximum absolute atomic E-state index is 13.2. The van der Waals surface area contributed by atoms with Gasteiger partial charge in [-0.15, -0.1) is 0 Å². The first-order valence-corrected chi connectivity index (χ1v) is 11.4. The third kappa shape index (κ3) is 3.22. The largest absolute Gasteiger partial charge is 0.508 e. The molecular formula is C20H19N3O8S. The zero-order valence-corrected chi connectivity index (χ0v) is 17.9. The summed E-state index contributed by atoms with van der Waals surface area (Å²) in [5.41, 5.74) is 0.980. The number of hydrogen-bond donors (Lipinski definition) is 0. The highest BCUT2D eigenvalue weighted by Crippen LogP contribution is 2.33. The Labute approximate surface area is 182 Å². The van der Waals surface area contributed by atoms with E-state index in [-0.39, 0.29) is 47.6 Å². The standard InChI is InChI=1S/C20H19N3O8S/c1-11-16-17(19(25)23(18(16)24)9-12-10-30-20(26)31-12)14-8-13(2-3-15(14)21-11)32(27,28)22-4-6-29-7-5-22/h2-3,8,12H,4-7,9-10H2,1H3. The van der Waals surface area contributed by atoms with E-state index >= 15 is 0 Å². The molecule has 11 nitrogen and oxygen atoms in total. The number of benzene rings is 1. The van der Waals surface area contributed by atoms with Crippen molar-refractivity contribution >= 4 is 38.9 Å². The number of aromatic nitrogens is 1. The number of nitrogens with zero attached hydrogens (tertiary/aromatic N) is 3. The van der Waals surface area contributed by atoms with E-state index in [1.165, 1.54) is 22.5 Å². The van der Waals surface area contributed by atoms with E-state index in [2.05, 4.69) is 4.98 Å². The lowest BCUT2D eigenvalue weighted by Crippen LogP contribution is -2.40. The maximum Gasteiger partial charge on any atom is 0.508 e. The first kappa shape index (κ1) is 20.8. The minimum Gasteiger partial charge on any atom is -0.430 e. The summed E-state index contributed by atoms with van der Waals surface area (Å²) in [7, 11) is -3.81. The van der Waals surface area contributed by atoms with Crippen LogP contribution in [0.5, 0.6) is 0 Å². The first-order valence-electron chi connectivity index (χ1n) is 9.99. The van der Waals surface area contributed by atoms with Crippen molar-refractivity contribution in [2.75, 3.05) is 39.5 Å². The molecule has 2 amide bonds. The fourth-order valence-corrected chi connectivity index (χ4v) is 5.57. The molecule has 1 aromatic heterocycles. The number of sulfonamides is 1. The Morgan fingerprint density at radius 2 is 1.81 bits per heavy atom. The van der Waals surface area contributed by atoms with Gasteiger partial charge < -0.3 is 14.2 Å². The van der Waals surface area contributed by atoms with E-state index in [4.69, 9.17) is 14.2 Å². The minimum absolute atomic E-state index is 0.0107. The molecule has 5 rings (SSSR count). The number of imide groups is 1. The smallest absolute Gasteiger partial charge is 0.430 e.